The third-order valence-corrected chi connectivity index (χ3v) is 7.08. The molecule has 2 fully saturated rings. The van der Waals surface area contributed by atoms with E-state index in [-0.39, 0.29) is 5.91 Å². The molecule has 0 aliphatic carbocycles. The van der Waals surface area contributed by atoms with E-state index in [1.807, 2.05) is 12.1 Å². The van der Waals surface area contributed by atoms with Gasteiger partial charge >= 0.3 is 0 Å². The van der Waals surface area contributed by atoms with E-state index in [4.69, 9.17) is 9.47 Å². The fourth-order valence-corrected chi connectivity index (χ4v) is 5.16. The molecule has 2 aliphatic rings. The Hall–Kier alpha value is -2.37. The van der Waals surface area contributed by atoms with Crippen molar-refractivity contribution in [3.05, 3.63) is 54.1 Å². The number of nitrogens with one attached hydrogen (secondary N) is 1. The van der Waals surface area contributed by atoms with Crippen LogP contribution in [0.3, 0.4) is 0 Å². The van der Waals surface area contributed by atoms with Gasteiger partial charge in [-0.05, 0) is 80.4 Å². The number of carbonyl (C=O) groups is 1. The smallest absolute Gasteiger partial charge is 0.226 e. The lowest BCUT2D eigenvalue weighted by Gasteiger charge is -2.37. The van der Waals surface area contributed by atoms with Crippen LogP contribution >= 0.6 is 0 Å². The number of likely N-dealkylation sites (tertiary alicyclic amines) is 1. The molecule has 1 atom stereocenters. The highest BCUT2D eigenvalue weighted by Crippen LogP contribution is 2.36. The Kier molecular flexibility index (Phi) is 7.48. The Morgan fingerprint density at radius 2 is 1.91 bits per heavy atom. The number of rotatable bonds is 7. The minimum Gasteiger partial charge on any atom is -0.497 e. The highest BCUT2D eigenvalue weighted by Gasteiger charge is 2.40. The molecule has 5 nitrogen and oxygen atoms in total. The summed E-state index contributed by atoms with van der Waals surface area (Å²) in [6.45, 7) is 4.30. The highest BCUT2D eigenvalue weighted by molar-refractivity contribution is 5.83. The zero-order chi connectivity index (χ0) is 22.4. The van der Waals surface area contributed by atoms with Crippen LogP contribution in [0.15, 0.2) is 48.5 Å². The summed E-state index contributed by atoms with van der Waals surface area (Å²) in [5.41, 5.74) is 3.07. The number of piperidine rings is 1. The van der Waals surface area contributed by atoms with Crippen molar-refractivity contribution in [3.8, 4) is 16.9 Å². The molecular weight excluding hydrogens is 400 g/mol. The summed E-state index contributed by atoms with van der Waals surface area (Å²) in [5.74, 6) is 1.59. The van der Waals surface area contributed by atoms with Gasteiger partial charge in [0, 0.05) is 26.3 Å². The lowest BCUT2D eigenvalue weighted by Crippen LogP contribution is -2.48. The maximum Gasteiger partial charge on any atom is 0.226 e. The van der Waals surface area contributed by atoms with Gasteiger partial charge < -0.3 is 19.7 Å². The van der Waals surface area contributed by atoms with Gasteiger partial charge in [-0.1, -0.05) is 36.4 Å². The average Bonchev–Trinajstić information content (AvgIpc) is 2.83. The molecule has 2 saturated heterocycles. The molecule has 0 bridgehead atoms. The molecule has 0 saturated carbocycles. The van der Waals surface area contributed by atoms with Crippen LogP contribution in [0.1, 0.15) is 31.2 Å². The van der Waals surface area contributed by atoms with Gasteiger partial charge in [-0.2, -0.15) is 0 Å². The summed E-state index contributed by atoms with van der Waals surface area (Å²) < 4.78 is 11.0. The number of hydrogen-bond donors (Lipinski definition) is 1. The molecule has 2 heterocycles. The van der Waals surface area contributed by atoms with Crippen LogP contribution in [0.2, 0.25) is 0 Å². The van der Waals surface area contributed by atoms with Crippen LogP contribution in [0.4, 0.5) is 0 Å². The Morgan fingerprint density at radius 3 is 2.66 bits per heavy atom. The molecule has 172 valence electrons. The molecule has 1 amide bonds. The topological polar surface area (TPSA) is 50.8 Å². The molecule has 0 radical (unpaired) electrons. The second-order valence-electron chi connectivity index (χ2n) is 9.48. The Labute approximate surface area is 192 Å². The van der Waals surface area contributed by atoms with E-state index in [0.29, 0.717) is 19.1 Å². The quantitative estimate of drug-likeness (QED) is 0.708. The average molecular weight is 437 g/mol. The first-order valence-corrected chi connectivity index (χ1v) is 11.9. The first-order chi connectivity index (χ1) is 15.6. The van der Waals surface area contributed by atoms with Crippen molar-refractivity contribution in [1.82, 2.24) is 10.2 Å². The van der Waals surface area contributed by atoms with Crippen molar-refractivity contribution in [3.63, 3.8) is 0 Å². The van der Waals surface area contributed by atoms with Gasteiger partial charge in [-0.3, -0.25) is 4.79 Å². The largest absolute Gasteiger partial charge is 0.497 e. The van der Waals surface area contributed by atoms with Gasteiger partial charge in [-0.15, -0.1) is 0 Å². The van der Waals surface area contributed by atoms with Gasteiger partial charge in [0.1, 0.15) is 5.75 Å². The minimum atomic E-state index is -0.397. The van der Waals surface area contributed by atoms with Crippen molar-refractivity contribution in [2.75, 3.05) is 47.0 Å². The van der Waals surface area contributed by atoms with Crippen molar-refractivity contribution in [1.29, 1.82) is 0 Å². The summed E-state index contributed by atoms with van der Waals surface area (Å²) in [6.07, 6.45) is 4.69. The summed E-state index contributed by atoms with van der Waals surface area (Å²) in [7, 11) is 3.86. The van der Waals surface area contributed by atoms with Gasteiger partial charge in [-0.25, -0.2) is 0 Å². The van der Waals surface area contributed by atoms with E-state index in [9.17, 15) is 4.79 Å². The minimum absolute atomic E-state index is 0.195. The molecule has 0 spiro atoms. The number of hydrogen-bond acceptors (Lipinski definition) is 4. The van der Waals surface area contributed by atoms with Crippen molar-refractivity contribution < 1.29 is 14.3 Å². The highest BCUT2D eigenvalue weighted by atomic mass is 16.5. The van der Waals surface area contributed by atoms with Gasteiger partial charge in [0.25, 0.3) is 0 Å². The van der Waals surface area contributed by atoms with E-state index >= 15 is 0 Å². The molecule has 1 unspecified atom stereocenters. The lowest BCUT2D eigenvalue weighted by atomic mass is 9.74. The molecule has 2 aromatic rings. The maximum absolute atomic E-state index is 13.5. The molecular formula is C27H36N2O3. The van der Waals surface area contributed by atoms with Crippen LogP contribution in [0.5, 0.6) is 5.75 Å². The van der Waals surface area contributed by atoms with Gasteiger partial charge in [0.05, 0.1) is 12.5 Å². The molecule has 32 heavy (non-hydrogen) atoms. The number of benzene rings is 2. The van der Waals surface area contributed by atoms with E-state index in [2.05, 4.69) is 53.7 Å². The number of methoxy groups -OCH3 is 1. The van der Waals surface area contributed by atoms with Crippen molar-refractivity contribution >= 4 is 5.91 Å². The molecule has 4 rings (SSSR count). The fraction of sp³-hybridized carbons (Fsp3) is 0.519. The maximum atomic E-state index is 13.5. The normalized spacial score (nSPS) is 21.1. The van der Waals surface area contributed by atoms with E-state index in [1.54, 1.807) is 7.11 Å². The second kappa shape index (κ2) is 10.5. The van der Waals surface area contributed by atoms with Crippen LogP contribution in [-0.2, 0) is 16.0 Å². The van der Waals surface area contributed by atoms with E-state index in [0.717, 1.165) is 55.8 Å². The standard InChI is InChI=1S/C27H36N2O3/c1-29-13-5-7-22(20-29)19-28-26(30)27(11-14-32-15-12-27)18-21-6-3-8-23(16-21)24-9-4-10-25(17-24)31-2/h3-4,6,8-10,16-17,22H,5,7,11-15,18-20H2,1-2H3,(H,28,30). The van der Waals surface area contributed by atoms with E-state index < -0.39 is 5.41 Å². The molecule has 2 aromatic carbocycles. The third-order valence-electron chi connectivity index (χ3n) is 7.08. The number of nitrogens with zero attached hydrogens (tertiary/aromatic N) is 1. The lowest BCUT2D eigenvalue weighted by molar-refractivity contribution is -0.137. The van der Waals surface area contributed by atoms with Crippen LogP contribution in [0.25, 0.3) is 11.1 Å². The SMILES string of the molecule is COc1cccc(-c2cccc(CC3(C(=O)NCC4CCCN(C)C4)CCOCC3)c2)c1. The fourth-order valence-electron chi connectivity index (χ4n) is 5.16. The van der Waals surface area contributed by atoms with Crippen LogP contribution in [0, 0.1) is 11.3 Å². The summed E-state index contributed by atoms with van der Waals surface area (Å²) in [5, 5.41) is 3.33. The summed E-state index contributed by atoms with van der Waals surface area (Å²) >= 11 is 0. The first-order valence-electron chi connectivity index (χ1n) is 11.9. The zero-order valence-corrected chi connectivity index (χ0v) is 19.4. The predicted octanol–water partition coefficient (Wildman–Crippen LogP) is 4.16. The zero-order valence-electron chi connectivity index (χ0n) is 19.4. The molecule has 5 heteroatoms. The third kappa shape index (κ3) is 5.51. The second-order valence-corrected chi connectivity index (χ2v) is 9.48. The van der Waals surface area contributed by atoms with Crippen molar-refractivity contribution in [2.45, 2.75) is 32.1 Å². The molecule has 1 N–H and O–H groups in total. The van der Waals surface area contributed by atoms with Crippen LogP contribution < -0.4 is 10.1 Å². The predicted molar refractivity (Wildman–Crippen MR) is 128 cm³/mol. The van der Waals surface area contributed by atoms with Gasteiger partial charge in [0.2, 0.25) is 5.91 Å². The number of amides is 1. The Balaban J connectivity index is 1.49. The van der Waals surface area contributed by atoms with Crippen LogP contribution in [-0.4, -0.2) is 57.8 Å². The molecule has 2 aliphatic heterocycles. The number of carbonyl (C=O) groups excluding carboxylic acids is 1. The monoisotopic (exact) mass is 436 g/mol. The summed E-state index contributed by atoms with van der Waals surface area (Å²) in [6, 6.07) is 16.7. The number of ether oxygens (including phenoxy) is 2. The Morgan fingerprint density at radius 1 is 1.16 bits per heavy atom. The van der Waals surface area contributed by atoms with Gasteiger partial charge in [0.15, 0.2) is 0 Å². The van der Waals surface area contributed by atoms with Crippen molar-refractivity contribution in [2.24, 2.45) is 11.3 Å². The van der Waals surface area contributed by atoms with E-state index in [1.165, 1.54) is 18.4 Å². The Bertz CT molecular complexity index is 907. The molecule has 0 aromatic heterocycles. The summed E-state index contributed by atoms with van der Waals surface area (Å²) in [4.78, 5) is 15.9. The first kappa shape index (κ1) is 22.8.